The third kappa shape index (κ3) is 3.60. The number of nitrogens with one attached hydrogen (secondary N) is 1. The number of carbonyl (C=O) groups excluding carboxylic acids is 1. The molecule has 8 nitrogen and oxygen atoms in total. The van der Waals surface area contributed by atoms with Crippen molar-refractivity contribution in [3.05, 3.63) is 52.3 Å². The molecule has 1 fully saturated rings. The van der Waals surface area contributed by atoms with Gasteiger partial charge in [0.05, 0.1) is 10.6 Å². The van der Waals surface area contributed by atoms with E-state index in [1.54, 1.807) is 24.4 Å². The summed E-state index contributed by atoms with van der Waals surface area (Å²) in [6.07, 6.45) is 5.18. The average molecular weight is 329 g/mol. The Bertz CT molecular complexity index is 750. The van der Waals surface area contributed by atoms with Crippen LogP contribution in [0.15, 0.2) is 36.5 Å². The molecule has 1 amide bonds. The minimum Gasteiger partial charge on any atom is -0.348 e. The van der Waals surface area contributed by atoms with E-state index >= 15 is 0 Å². The highest BCUT2D eigenvalue weighted by Gasteiger charge is 2.21. The highest BCUT2D eigenvalue weighted by atomic mass is 16.6. The highest BCUT2D eigenvalue weighted by Crippen LogP contribution is 2.18. The lowest BCUT2D eigenvalue weighted by atomic mass is 9.92. The molecular formula is C16H19N5O3. The Morgan fingerprint density at radius 3 is 2.75 bits per heavy atom. The van der Waals surface area contributed by atoms with Crippen molar-refractivity contribution in [2.24, 2.45) is 5.73 Å². The molecule has 24 heavy (non-hydrogen) atoms. The zero-order chi connectivity index (χ0) is 17.1. The molecule has 0 spiro atoms. The molecule has 8 heteroatoms. The van der Waals surface area contributed by atoms with E-state index in [2.05, 4.69) is 10.4 Å². The van der Waals surface area contributed by atoms with Crippen LogP contribution in [0.3, 0.4) is 0 Å². The predicted molar refractivity (Wildman–Crippen MR) is 87.9 cm³/mol. The summed E-state index contributed by atoms with van der Waals surface area (Å²) in [6.45, 7) is 0. The summed E-state index contributed by atoms with van der Waals surface area (Å²) < 4.78 is 1.46. The second kappa shape index (κ2) is 6.79. The first kappa shape index (κ1) is 16.1. The van der Waals surface area contributed by atoms with E-state index < -0.39 is 4.92 Å². The Hall–Kier alpha value is -2.74. The molecule has 0 unspecified atom stereocenters. The van der Waals surface area contributed by atoms with Gasteiger partial charge in [0.2, 0.25) is 0 Å². The number of aromatic nitrogens is 2. The van der Waals surface area contributed by atoms with Gasteiger partial charge in [0, 0.05) is 30.4 Å². The molecule has 3 N–H and O–H groups in total. The van der Waals surface area contributed by atoms with Gasteiger partial charge in [-0.1, -0.05) is 6.07 Å². The molecule has 0 aliphatic heterocycles. The monoisotopic (exact) mass is 329 g/mol. The Labute approximate surface area is 138 Å². The second-order valence-corrected chi connectivity index (χ2v) is 6.01. The quantitative estimate of drug-likeness (QED) is 0.655. The van der Waals surface area contributed by atoms with Crippen molar-refractivity contribution in [2.45, 2.75) is 37.8 Å². The fourth-order valence-electron chi connectivity index (χ4n) is 2.86. The fraction of sp³-hybridized carbons (Fsp3) is 0.375. The van der Waals surface area contributed by atoms with Crippen molar-refractivity contribution < 1.29 is 9.72 Å². The summed E-state index contributed by atoms with van der Waals surface area (Å²) in [4.78, 5) is 22.7. The van der Waals surface area contributed by atoms with Crippen molar-refractivity contribution in [1.29, 1.82) is 0 Å². The summed E-state index contributed by atoms with van der Waals surface area (Å²) in [5, 5.41) is 18.0. The Kier molecular flexibility index (Phi) is 4.57. The van der Waals surface area contributed by atoms with E-state index in [0.717, 1.165) is 25.7 Å². The van der Waals surface area contributed by atoms with Gasteiger partial charge in [-0.25, -0.2) is 4.68 Å². The van der Waals surface area contributed by atoms with Gasteiger partial charge in [-0.05, 0) is 37.8 Å². The van der Waals surface area contributed by atoms with Crippen molar-refractivity contribution in [1.82, 2.24) is 15.1 Å². The molecule has 0 bridgehead atoms. The van der Waals surface area contributed by atoms with Crippen molar-refractivity contribution in [3.63, 3.8) is 0 Å². The number of non-ortho nitro benzene ring substituents is 1. The standard InChI is InChI=1S/C16H19N5O3/c17-11-4-6-12(7-5-11)18-16(22)15-8-9-20(19-15)13-2-1-3-14(10-13)21(23)24/h1-3,8-12H,4-7,17H2,(H,18,22). The normalized spacial score (nSPS) is 20.5. The van der Waals surface area contributed by atoms with Crippen LogP contribution in [-0.4, -0.2) is 32.7 Å². The molecule has 3 rings (SSSR count). The molecule has 2 aromatic rings. The van der Waals surface area contributed by atoms with Crippen LogP contribution in [0.5, 0.6) is 0 Å². The van der Waals surface area contributed by atoms with Gasteiger partial charge in [-0.2, -0.15) is 5.10 Å². The van der Waals surface area contributed by atoms with Gasteiger partial charge in [0.1, 0.15) is 0 Å². The van der Waals surface area contributed by atoms with Gasteiger partial charge in [-0.3, -0.25) is 14.9 Å². The summed E-state index contributed by atoms with van der Waals surface area (Å²) in [6, 6.07) is 8.06. The van der Waals surface area contributed by atoms with Crippen LogP contribution in [0.2, 0.25) is 0 Å². The number of nitro groups is 1. The Morgan fingerprint density at radius 2 is 2.04 bits per heavy atom. The number of rotatable bonds is 4. The number of hydrogen-bond donors (Lipinski definition) is 2. The van der Waals surface area contributed by atoms with Crippen LogP contribution in [0.1, 0.15) is 36.2 Å². The first-order valence-electron chi connectivity index (χ1n) is 7.90. The summed E-state index contributed by atoms with van der Waals surface area (Å²) in [5.41, 5.74) is 6.67. The lowest BCUT2D eigenvalue weighted by Crippen LogP contribution is -2.40. The van der Waals surface area contributed by atoms with Crippen molar-refractivity contribution >= 4 is 11.6 Å². The van der Waals surface area contributed by atoms with Crippen LogP contribution in [0, 0.1) is 10.1 Å². The van der Waals surface area contributed by atoms with Gasteiger partial charge < -0.3 is 11.1 Å². The molecule has 1 aromatic heterocycles. The molecule has 1 aromatic carbocycles. The van der Waals surface area contributed by atoms with E-state index in [4.69, 9.17) is 5.73 Å². The van der Waals surface area contributed by atoms with E-state index in [-0.39, 0.29) is 29.4 Å². The number of hydrogen-bond acceptors (Lipinski definition) is 5. The topological polar surface area (TPSA) is 116 Å². The van der Waals surface area contributed by atoms with Crippen LogP contribution >= 0.6 is 0 Å². The third-order valence-corrected chi connectivity index (χ3v) is 4.23. The molecule has 126 valence electrons. The molecule has 1 saturated carbocycles. The minimum absolute atomic E-state index is 0.0208. The van der Waals surface area contributed by atoms with E-state index in [1.807, 2.05) is 0 Å². The smallest absolute Gasteiger partial charge is 0.272 e. The van der Waals surface area contributed by atoms with E-state index in [9.17, 15) is 14.9 Å². The van der Waals surface area contributed by atoms with Crippen LogP contribution in [0.4, 0.5) is 5.69 Å². The van der Waals surface area contributed by atoms with Gasteiger partial charge in [-0.15, -0.1) is 0 Å². The maximum atomic E-state index is 12.3. The number of nitrogens with zero attached hydrogens (tertiary/aromatic N) is 3. The molecule has 0 saturated heterocycles. The number of benzene rings is 1. The molecular weight excluding hydrogens is 310 g/mol. The first-order valence-corrected chi connectivity index (χ1v) is 7.90. The summed E-state index contributed by atoms with van der Waals surface area (Å²) in [7, 11) is 0. The second-order valence-electron chi connectivity index (χ2n) is 6.01. The molecule has 1 aliphatic carbocycles. The van der Waals surface area contributed by atoms with Crippen LogP contribution < -0.4 is 11.1 Å². The first-order chi connectivity index (χ1) is 11.5. The Balaban J connectivity index is 1.70. The van der Waals surface area contributed by atoms with Crippen molar-refractivity contribution in [3.8, 4) is 5.69 Å². The van der Waals surface area contributed by atoms with E-state index in [1.165, 1.54) is 16.8 Å². The zero-order valence-electron chi connectivity index (χ0n) is 13.1. The minimum atomic E-state index is -0.464. The molecule has 0 radical (unpaired) electrons. The summed E-state index contributed by atoms with van der Waals surface area (Å²) >= 11 is 0. The highest BCUT2D eigenvalue weighted by molar-refractivity contribution is 5.92. The van der Waals surface area contributed by atoms with E-state index in [0.29, 0.717) is 5.69 Å². The van der Waals surface area contributed by atoms with Crippen LogP contribution in [0.25, 0.3) is 5.69 Å². The van der Waals surface area contributed by atoms with Crippen molar-refractivity contribution in [2.75, 3.05) is 0 Å². The SMILES string of the molecule is NC1CCC(NC(=O)c2ccn(-c3cccc([N+](=O)[O-])c3)n2)CC1. The maximum Gasteiger partial charge on any atom is 0.272 e. The molecule has 1 heterocycles. The molecule has 0 atom stereocenters. The number of nitrogens with two attached hydrogens (primary N) is 1. The third-order valence-electron chi connectivity index (χ3n) is 4.23. The Morgan fingerprint density at radius 1 is 1.29 bits per heavy atom. The predicted octanol–water partition coefficient (Wildman–Crippen LogP) is 1.78. The number of amides is 1. The lowest BCUT2D eigenvalue weighted by molar-refractivity contribution is -0.384. The number of carbonyl (C=O) groups is 1. The largest absolute Gasteiger partial charge is 0.348 e. The average Bonchev–Trinajstić information content (AvgIpc) is 3.07. The maximum absolute atomic E-state index is 12.3. The van der Waals surface area contributed by atoms with Gasteiger partial charge in [0.25, 0.3) is 11.6 Å². The fourth-order valence-corrected chi connectivity index (χ4v) is 2.86. The summed E-state index contributed by atoms with van der Waals surface area (Å²) in [5.74, 6) is -0.236. The lowest BCUT2D eigenvalue weighted by Gasteiger charge is -2.26. The number of nitro benzene ring substituents is 1. The van der Waals surface area contributed by atoms with Gasteiger partial charge in [0.15, 0.2) is 5.69 Å². The zero-order valence-corrected chi connectivity index (χ0v) is 13.1. The van der Waals surface area contributed by atoms with Crippen LogP contribution in [-0.2, 0) is 0 Å². The van der Waals surface area contributed by atoms with Gasteiger partial charge >= 0.3 is 0 Å². The molecule has 1 aliphatic rings.